The van der Waals surface area contributed by atoms with Gasteiger partial charge in [0, 0.05) is 44.7 Å². The van der Waals surface area contributed by atoms with Gasteiger partial charge >= 0.3 is 11.9 Å². The monoisotopic (exact) mass is 753 g/mol. The van der Waals surface area contributed by atoms with Crippen LogP contribution in [0.5, 0.6) is 0 Å². The number of nitrogens with zero attached hydrogens (tertiary/aromatic N) is 2. The third-order valence-corrected chi connectivity index (χ3v) is 18.0. The van der Waals surface area contributed by atoms with Crippen molar-refractivity contribution in [3.05, 3.63) is 12.2 Å². The van der Waals surface area contributed by atoms with Gasteiger partial charge in [-0.25, -0.2) is 0 Å². The fraction of sp³-hybridized carbons (Fsp3) is 0.915. The van der Waals surface area contributed by atoms with E-state index in [0.29, 0.717) is 34.0 Å². The minimum Gasteiger partial charge on any atom is -0.481 e. The van der Waals surface area contributed by atoms with Crippen molar-refractivity contribution in [2.45, 2.75) is 158 Å². The first kappa shape index (κ1) is 42.2. The molecule has 1 heterocycles. The second kappa shape index (κ2) is 15.7. The molecule has 0 aromatic carbocycles. The Labute approximate surface area is 330 Å². The molecule has 6 rings (SSSR count). The summed E-state index contributed by atoms with van der Waals surface area (Å²) in [5.74, 6) is 2.25. The van der Waals surface area contributed by atoms with Crippen LogP contribution in [0, 0.1) is 62.1 Å². The SMILES string of the molecule is C=C(C)[C@@H]1CC[C@]2(CCN3CCN(CCOCCC)CC3)CC[C@]3(C)[C@H](CC[C@@H]4[C@@]5(C)CC[C@H](OC(=O)CC(C)(C)CC(=O)O)C(C)(C)[C@@H]5CC[C@]43C)[C@@H]12. The Balaban J connectivity index is 1.15. The molecular formula is C47H80N2O5. The summed E-state index contributed by atoms with van der Waals surface area (Å²) in [6, 6.07) is 0. The molecule has 0 unspecified atom stereocenters. The lowest BCUT2D eigenvalue weighted by molar-refractivity contribution is -0.250. The topological polar surface area (TPSA) is 79.3 Å². The second-order valence-corrected chi connectivity index (χ2v) is 21.8. The zero-order valence-electron chi connectivity index (χ0n) is 36.2. The molecule has 10 atom stereocenters. The molecule has 0 amide bonds. The zero-order valence-corrected chi connectivity index (χ0v) is 36.2. The first-order chi connectivity index (χ1) is 25.3. The summed E-state index contributed by atoms with van der Waals surface area (Å²) in [6.45, 7) is 34.6. The Hall–Kier alpha value is -1.44. The smallest absolute Gasteiger partial charge is 0.306 e. The van der Waals surface area contributed by atoms with Crippen molar-refractivity contribution in [1.29, 1.82) is 0 Å². The van der Waals surface area contributed by atoms with Crippen molar-refractivity contribution < 1.29 is 24.2 Å². The minimum atomic E-state index is -0.865. The van der Waals surface area contributed by atoms with Gasteiger partial charge in [0.05, 0.1) is 19.4 Å². The molecule has 0 radical (unpaired) electrons. The van der Waals surface area contributed by atoms with E-state index in [9.17, 15) is 14.7 Å². The van der Waals surface area contributed by atoms with Gasteiger partial charge in [0.15, 0.2) is 0 Å². The summed E-state index contributed by atoms with van der Waals surface area (Å²) in [4.78, 5) is 30.1. The lowest BCUT2D eigenvalue weighted by Crippen LogP contribution is -2.66. The lowest BCUT2D eigenvalue weighted by atomic mass is 9.32. The molecular weight excluding hydrogens is 673 g/mol. The van der Waals surface area contributed by atoms with Crippen molar-refractivity contribution in [2.24, 2.45) is 62.1 Å². The maximum absolute atomic E-state index is 13.3. The average molecular weight is 753 g/mol. The fourth-order valence-electron chi connectivity index (χ4n) is 15.0. The van der Waals surface area contributed by atoms with Gasteiger partial charge in [-0.15, -0.1) is 0 Å². The van der Waals surface area contributed by atoms with E-state index in [1.807, 2.05) is 13.8 Å². The third kappa shape index (κ3) is 7.63. The van der Waals surface area contributed by atoms with Gasteiger partial charge in [0.25, 0.3) is 0 Å². The van der Waals surface area contributed by atoms with Gasteiger partial charge in [-0.1, -0.05) is 67.5 Å². The lowest BCUT2D eigenvalue weighted by Gasteiger charge is -2.73. The molecule has 5 aliphatic carbocycles. The number of hydrogen-bond acceptors (Lipinski definition) is 6. The highest BCUT2D eigenvalue weighted by Gasteiger charge is 2.71. The summed E-state index contributed by atoms with van der Waals surface area (Å²) < 4.78 is 12.1. The van der Waals surface area contributed by atoms with Gasteiger partial charge in [0.1, 0.15) is 6.10 Å². The molecule has 0 spiro atoms. The number of fused-ring (bicyclic) bond motifs is 7. The Morgan fingerprint density at radius 1 is 0.796 bits per heavy atom. The van der Waals surface area contributed by atoms with Crippen LogP contribution in [0.15, 0.2) is 12.2 Å². The molecule has 7 nitrogen and oxygen atoms in total. The van der Waals surface area contributed by atoms with Crippen LogP contribution in [0.2, 0.25) is 0 Å². The molecule has 1 aliphatic heterocycles. The Morgan fingerprint density at radius 2 is 1.48 bits per heavy atom. The van der Waals surface area contributed by atoms with Crippen LogP contribution in [-0.4, -0.2) is 85.4 Å². The van der Waals surface area contributed by atoms with Crippen molar-refractivity contribution in [1.82, 2.24) is 9.80 Å². The van der Waals surface area contributed by atoms with Gasteiger partial charge in [-0.2, -0.15) is 0 Å². The van der Waals surface area contributed by atoms with E-state index in [4.69, 9.17) is 9.47 Å². The number of rotatable bonds is 14. The number of hydrogen-bond donors (Lipinski definition) is 1. The molecule has 7 heteroatoms. The highest BCUT2D eigenvalue weighted by Crippen LogP contribution is 2.78. The van der Waals surface area contributed by atoms with Gasteiger partial charge < -0.3 is 19.5 Å². The molecule has 0 aromatic heterocycles. The van der Waals surface area contributed by atoms with Crippen molar-refractivity contribution in [2.75, 3.05) is 52.5 Å². The summed E-state index contributed by atoms with van der Waals surface area (Å²) in [5.41, 5.74) is 2.00. The van der Waals surface area contributed by atoms with Crippen molar-refractivity contribution >= 4 is 11.9 Å². The van der Waals surface area contributed by atoms with E-state index in [2.05, 4.69) is 64.8 Å². The standard InChI is InChI=1S/C47H80N2O5/c1-11-29-53-30-28-49-26-24-48(25-27-49)23-22-47-19-14-34(33(2)3)41(47)35-12-13-37-44(8)17-16-38(54-40(52)32-42(4,5)31-39(50)51)43(6,7)36(44)15-18-46(37,10)45(35,9)20-21-47/h34-38,41H,2,11-32H2,1,3-10H3,(H,50,51)/t34-,35+,36-,37+,38-,41+,44-,45+,46+,47+/m0/s1. The molecule has 6 aliphatic rings. The summed E-state index contributed by atoms with van der Waals surface area (Å²) in [6.07, 6.45) is 15.1. The quantitative estimate of drug-likeness (QED) is 0.108. The maximum atomic E-state index is 13.3. The predicted octanol–water partition coefficient (Wildman–Crippen LogP) is 9.88. The van der Waals surface area contributed by atoms with Crippen LogP contribution in [0.4, 0.5) is 0 Å². The Kier molecular flexibility index (Phi) is 12.3. The number of esters is 1. The molecule has 54 heavy (non-hydrogen) atoms. The molecule has 308 valence electrons. The Bertz CT molecular complexity index is 1370. The van der Waals surface area contributed by atoms with E-state index in [-0.39, 0.29) is 35.7 Å². The Morgan fingerprint density at radius 3 is 2.13 bits per heavy atom. The van der Waals surface area contributed by atoms with Crippen LogP contribution in [0.1, 0.15) is 152 Å². The van der Waals surface area contributed by atoms with Crippen LogP contribution in [0.3, 0.4) is 0 Å². The first-order valence-electron chi connectivity index (χ1n) is 22.4. The van der Waals surface area contributed by atoms with Crippen LogP contribution < -0.4 is 0 Å². The minimum absolute atomic E-state index is 0.0287. The average Bonchev–Trinajstić information content (AvgIpc) is 3.47. The number of carbonyl (C=O) groups excluding carboxylic acids is 1. The summed E-state index contributed by atoms with van der Waals surface area (Å²) in [5, 5.41) is 9.37. The first-order valence-corrected chi connectivity index (χ1v) is 22.4. The molecule has 6 fully saturated rings. The number of piperazine rings is 1. The van der Waals surface area contributed by atoms with Gasteiger partial charge in [-0.05, 0) is 147 Å². The number of carbonyl (C=O) groups is 2. The highest BCUT2D eigenvalue weighted by molar-refractivity contribution is 5.73. The zero-order chi connectivity index (χ0) is 39.3. The van der Waals surface area contributed by atoms with E-state index in [1.54, 1.807) is 0 Å². The number of carboxylic acid groups (broad SMARTS) is 1. The molecule has 1 saturated heterocycles. The maximum Gasteiger partial charge on any atom is 0.306 e. The predicted molar refractivity (Wildman–Crippen MR) is 218 cm³/mol. The van der Waals surface area contributed by atoms with Gasteiger partial charge in [-0.3, -0.25) is 14.5 Å². The van der Waals surface area contributed by atoms with E-state index >= 15 is 0 Å². The highest BCUT2D eigenvalue weighted by atomic mass is 16.5. The van der Waals surface area contributed by atoms with Crippen LogP contribution in [0.25, 0.3) is 0 Å². The fourth-order valence-corrected chi connectivity index (χ4v) is 15.0. The summed E-state index contributed by atoms with van der Waals surface area (Å²) in [7, 11) is 0. The second-order valence-electron chi connectivity index (χ2n) is 21.8. The molecule has 1 N–H and O–H groups in total. The summed E-state index contributed by atoms with van der Waals surface area (Å²) >= 11 is 0. The van der Waals surface area contributed by atoms with Crippen molar-refractivity contribution in [3.63, 3.8) is 0 Å². The van der Waals surface area contributed by atoms with E-state index < -0.39 is 11.4 Å². The van der Waals surface area contributed by atoms with Crippen LogP contribution >= 0.6 is 0 Å². The van der Waals surface area contributed by atoms with E-state index in [0.717, 1.165) is 50.9 Å². The number of ether oxygens (including phenoxy) is 2. The number of aliphatic carboxylic acids is 1. The molecule has 0 bridgehead atoms. The van der Waals surface area contributed by atoms with E-state index in [1.165, 1.54) is 96.1 Å². The largest absolute Gasteiger partial charge is 0.481 e. The normalized spacial score (nSPS) is 40.9. The third-order valence-electron chi connectivity index (χ3n) is 18.0. The van der Waals surface area contributed by atoms with Gasteiger partial charge in [0.2, 0.25) is 0 Å². The van der Waals surface area contributed by atoms with Crippen LogP contribution in [-0.2, 0) is 19.1 Å². The number of allylic oxidation sites excluding steroid dienone is 1. The van der Waals surface area contributed by atoms with Crippen molar-refractivity contribution in [3.8, 4) is 0 Å². The molecule has 0 aromatic rings. The number of carboxylic acids is 1. The molecule has 5 saturated carbocycles.